The number of nitriles is 1. The predicted molar refractivity (Wildman–Crippen MR) is 67.7 cm³/mol. The van der Waals surface area contributed by atoms with Crippen LogP contribution in [0.3, 0.4) is 0 Å². The molecule has 0 unspecified atom stereocenters. The van der Waals surface area contributed by atoms with Gasteiger partial charge in [0.2, 0.25) is 5.91 Å². The number of hydrogen-bond acceptors (Lipinski definition) is 2. The molecule has 1 amide bonds. The Morgan fingerprint density at radius 1 is 1.28 bits per heavy atom. The van der Waals surface area contributed by atoms with Gasteiger partial charge in [0.05, 0.1) is 6.07 Å². The van der Waals surface area contributed by atoms with Crippen LogP contribution in [0, 0.1) is 16.7 Å². The van der Waals surface area contributed by atoms with E-state index in [1.807, 2.05) is 35.2 Å². The Bertz CT molecular complexity index is 499. The maximum atomic E-state index is 12.4. The minimum absolute atomic E-state index is 0.0522. The summed E-state index contributed by atoms with van der Waals surface area (Å²) in [6.07, 6.45) is 2.83. The van der Waals surface area contributed by atoms with E-state index in [9.17, 15) is 10.1 Å². The van der Waals surface area contributed by atoms with Crippen molar-refractivity contribution < 1.29 is 4.79 Å². The minimum atomic E-state index is -0.772. The molecule has 3 heteroatoms. The zero-order chi connectivity index (χ0) is 12.6. The monoisotopic (exact) mass is 240 g/mol. The fraction of sp³-hybridized carbons (Fsp3) is 0.467. The van der Waals surface area contributed by atoms with E-state index in [0.29, 0.717) is 6.42 Å². The standard InChI is InChI=1S/C15H16N2O/c16-11-15(14(18)17-8-4-5-9-17)10-13(15)12-6-2-1-3-7-12/h1-3,6-7,13H,4-5,8-10H2/t13-,15-/m1/s1. The Balaban J connectivity index is 1.82. The molecular weight excluding hydrogens is 224 g/mol. The van der Waals surface area contributed by atoms with Gasteiger partial charge in [-0.2, -0.15) is 5.26 Å². The average molecular weight is 240 g/mol. The molecule has 0 radical (unpaired) electrons. The smallest absolute Gasteiger partial charge is 0.243 e. The summed E-state index contributed by atoms with van der Waals surface area (Å²) in [5.41, 5.74) is 0.345. The van der Waals surface area contributed by atoms with Crippen molar-refractivity contribution in [3.8, 4) is 6.07 Å². The Kier molecular flexibility index (Phi) is 2.59. The van der Waals surface area contributed by atoms with Crippen LogP contribution < -0.4 is 0 Å². The zero-order valence-corrected chi connectivity index (χ0v) is 10.3. The van der Waals surface area contributed by atoms with E-state index in [-0.39, 0.29) is 11.8 Å². The van der Waals surface area contributed by atoms with Gasteiger partial charge in [0.25, 0.3) is 0 Å². The highest BCUT2D eigenvalue weighted by atomic mass is 16.2. The molecule has 2 aliphatic rings. The second kappa shape index (κ2) is 4.13. The van der Waals surface area contributed by atoms with Gasteiger partial charge in [0.15, 0.2) is 0 Å². The maximum Gasteiger partial charge on any atom is 0.243 e. The normalized spacial score (nSPS) is 29.9. The third kappa shape index (κ3) is 1.60. The van der Waals surface area contributed by atoms with Crippen LogP contribution in [0.1, 0.15) is 30.7 Å². The van der Waals surface area contributed by atoms with Gasteiger partial charge in [-0.05, 0) is 24.8 Å². The lowest BCUT2D eigenvalue weighted by atomic mass is 9.99. The first kappa shape index (κ1) is 11.3. The molecule has 2 fully saturated rings. The van der Waals surface area contributed by atoms with Crippen molar-refractivity contribution in [1.29, 1.82) is 5.26 Å². The molecule has 1 aromatic carbocycles. The van der Waals surface area contributed by atoms with Gasteiger partial charge in [-0.1, -0.05) is 30.3 Å². The van der Waals surface area contributed by atoms with Gasteiger partial charge in [-0.15, -0.1) is 0 Å². The van der Waals surface area contributed by atoms with E-state index in [4.69, 9.17) is 0 Å². The number of rotatable bonds is 2. The molecule has 1 heterocycles. The van der Waals surface area contributed by atoms with Crippen LogP contribution in [0.5, 0.6) is 0 Å². The van der Waals surface area contributed by atoms with Crippen molar-refractivity contribution in [2.24, 2.45) is 5.41 Å². The first-order valence-electron chi connectivity index (χ1n) is 6.53. The summed E-state index contributed by atoms with van der Waals surface area (Å²) < 4.78 is 0. The fourth-order valence-electron chi connectivity index (χ4n) is 2.96. The van der Waals surface area contributed by atoms with Crippen LogP contribution in [0.15, 0.2) is 30.3 Å². The molecule has 0 aromatic heterocycles. The Labute approximate surface area is 107 Å². The summed E-state index contributed by atoms with van der Waals surface area (Å²) in [6.45, 7) is 1.65. The Morgan fingerprint density at radius 3 is 2.56 bits per heavy atom. The molecule has 1 saturated heterocycles. The molecule has 3 rings (SSSR count). The lowest BCUT2D eigenvalue weighted by molar-refractivity contribution is -0.134. The highest BCUT2D eigenvalue weighted by Crippen LogP contribution is 2.60. The molecule has 3 nitrogen and oxygen atoms in total. The van der Waals surface area contributed by atoms with E-state index >= 15 is 0 Å². The molecule has 1 aromatic rings. The predicted octanol–water partition coefficient (Wildman–Crippen LogP) is 2.31. The lowest BCUT2D eigenvalue weighted by Gasteiger charge is -2.19. The summed E-state index contributed by atoms with van der Waals surface area (Å²) >= 11 is 0. The van der Waals surface area contributed by atoms with Crippen molar-refractivity contribution in [3.05, 3.63) is 35.9 Å². The number of likely N-dealkylation sites (tertiary alicyclic amines) is 1. The van der Waals surface area contributed by atoms with Gasteiger partial charge in [-0.3, -0.25) is 4.79 Å². The first-order valence-corrected chi connectivity index (χ1v) is 6.53. The van der Waals surface area contributed by atoms with E-state index in [0.717, 1.165) is 31.5 Å². The van der Waals surface area contributed by atoms with E-state index in [1.165, 1.54) is 0 Å². The third-order valence-corrected chi connectivity index (χ3v) is 4.14. The van der Waals surface area contributed by atoms with Gasteiger partial charge in [-0.25, -0.2) is 0 Å². The Hall–Kier alpha value is -1.82. The van der Waals surface area contributed by atoms with Crippen molar-refractivity contribution in [3.63, 3.8) is 0 Å². The summed E-state index contributed by atoms with van der Waals surface area (Å²) in [5.74, 6) is 0.146. The number of hydrogen-bond donors (Lipinski definition) is 0. The van der Waals surface area contributed by atoms with Crippen LogP contribution >= 0.6 is 0 Å². The molecule has 1 aliphatic carbocycles. The second-order valence-corrected chi connectivity index (χ2v) is 5.25. The van der Waals surface area contributed by atoms with Crippen LogP contribution in [-0.2, 0) is 4.79 Å². The molecule has 2 atom stereocenters. The highest BCUT2D eigenvalue weighted by Gasteiger charge is 2.62. The number of nitrogens with zero attached hydrogens (tertiary/aromatic N) is 2. The molecule has 0 bridgehead atoms. The largest absolute Gasteiger partial charge is 0.341 e. The van der Waals surface area contributed by atoms with Gasteiger partial charge < -0.3 is 4.90 Å². The van der Waals surface area contributed by atoms with Gasteiger partial charge >= 0.3 is 0 Å². The summed E-state index contributed by atoms with van der Waals surface area (Å²) in [7, 11) is 0. The van der Waals surface area contributed by atoms with E-state index in [2.05, 4.69) is 6.07 Å². The fourth-order valence-corrected chi connectivity index (χ4v) is 2.96. The van der Waals surface area contributed by atoms with Crippen molar-refractivity contribution >= 4 is 5.91 Å². The quantitative estimate of drug-likeness (QED) is 0.796. The maximum absolute atomic E-state index is 12.4. The highest BCUT2D eigenvalue weighted by molar-refractivity contribution is 5.90. The summed E-state index contributed by atoms with van der Waals surface area (Å²) in [4.78, 5) is 14.3. The van der Waals surface area contributed by atoms with E-state index < -0.39 is 5.41 Å². The number of benzene rings is 1. The topological polar surface area (TPSA) is 44.1 Å². The van der Waals surface area contributed by atoms with E-state index in [1.54, 1.807) is 0 Å². The van der Waals surface area contributed by atoms with Gasteiger partial charge in [0.1, 0.15) is 5.41 Å². The first-order chi connectivity index (χ1) is 8.78. The Morgan fingerprint density at radius 2 is 1.94 bits per heavy atom. The lowest BCUT2D eigenvalue weighted by Crippen LogP contribution is -2.35. The summed E-state index contributed by atoms with van der Waals surface area (Å²) in [6, 6.07) is 12.2. The van der Waals surface area contributed by atoms with Crippen LogP contribution in [0.4, 0.5) is 0 Å². The van der Waals surface area contributed by atoms with Crippen LogP contribution in [0.25, 0.3) is 0 Å². The molecule has 1 aliphatic heterocycles. The number of carbonyl (C=O) groups excluding carboxylic acids is 1. The van der Waals surface area contributed by atoms with Gasteiger partial charge in [0, 0.05) is 19.0 Å². The SMILES string of the molecule is N#C[C@]1(C(=O)N2CCCC2)C[C@@H]1c1ccccc1. The molecule has 1 saturated carbocycles. The van der Waals surface area contributed by atoms with Crippen LogP contribution in [0.2, 0.25) is 0 Å². The number of amides is 1. The van der Waals surface area contributed by atoms with Crippen molar-refractivity contribution in [2.45, 2.75) is 25.2 Å². The van der Waals surface area contributed by atoms with Crippen LogP contribution in [-0.4, -0.2) is 23.9 Å². The number of carbonyl (C=O) groups is 1. The molecule has 18 heavy (non-hydrogen) atoms. The van der Waals surface area contributed by atoms with Crippen molar-refractivity contribution in [2.75, 3.05) is 13.1 Å². The zero-order valence-electron chi connectivity index (χ0n) is 10.3. The molecule has 0 N–H and O–H groups in total. The minimum Gasteiger partial charge on any atom is -0.341 e. The second-order valence-electron chi connectivity index (χ2n) is 5.25. The molecule has 0 spiro atoms. The summed E-state index contributed by atoms with van der Waals surface area (Å²) in [5, 5.41) is 9.42. The molecule has 92 valence electrons. The average Bonchev–Trinajstić information content (AvgIpc) is 2.93. The van der Waals surface area contributed by atoms with Crippen molar-refractivity contribution in [1.82, 2.24) is 4.90 Å². The third-order valence-electron chi connectivity index (χ3n) is 4.14. The molecular formula is C15H16N2O.